The van der Waals surface area contributed by atoms with E-state index in [1.54, 1.807) is 17.3 Å². The average molecular weight is 320 g/mol. The molecular formula is C17H16N6O. The van der Waals surface area contributed by atoms with Crippen molar-refractivity contribution in [2.75, 3.05) is 13.1 Å². The molecule has 3 aromatic rings. The number of aromatic amines is 1. The molecule has 1 aliphatic rings. The van der Waals surface area contributed by atoms with Crippen molar-refractivity contribution in [1.29, 1.82) is 5.26 Å². The third kappa shape index (κ3) is 2.27. The van der Waals surface area contributed by atoms with Gasteiger partial charge in [-0.25, -0.2) is 15.0 Å². The number of nitrogens with one attached hydrogen (secondary N) is 1. The van der Waals surface area contributed by atoms with E-state index < -0.39 is 0 Å². The Labute approximate surface area is 138 Å². The Hall–Kier alpha value is -3.01. The SMILES string of the molecule is Cc1nc2cnc3nccc3c2c(C2CCN(C(=O)CC#N)C2)[nH]1. The molecule has 1 atom stereocenters. The Balaban J connectivity index is 1.81. The molecule has 0 bridgehead atoms. The number of H-pyrrole nitrogens is 1. The summed E-state index contributed by atoms with van der Waals surface area (Å²) >= 11 is 0. The van der Waals surface area contributed by atoms with E-state index in [1.807, 2.05) is 19.1 Å². The summed E-state index contributed by atoms with van der Waals surface area (Å²) in [6.07, 6.45) is 4.30. The number of likely N-dealkylation sites (tertiary alicyclic amines) is 1. The van der Waals surface area contributed by atoms with Gasteiger partial charge in [0.25, 0.3) is 0 Å². The number of amides is 1. The van der Waals surface area contributed by atoms with Gasteiger partial charge in [0.1, 0.15) is 12.2 Å². The van der Waals surface area contributed by atoms with Gasteiger partial charge in [0.15, 0.2) is 5.65 Å². The topological polar surface area (TPSA) is 98.6 Å². The van der Waals surface area contributed by atoms with Crippen LogP contribution in [0, 0.1) is 18.3 Å². The van der Waals surface area contributed by atoms with Crippen LogP contribution < -0.4 is 0 Å². The Morgan fingerprint density at radius 2 is 2.38 bits per heavy atom. The maximum Gasteiger partial charge on any atom is 0.236 e. The summed E-state index contributed by atoms with van der Waals surface area (Å²) in [5, 5.41) is 10.7. The number of carbonyl (C=O) groups is 1. The van der Waals surface area contributed by atoms with E-state index in [-0.39, 0.29) is 18.2 Å². The Bertz CT molecular complexity index is 986. The summed E-state index contributed by atoms with van der Waals surface area (Å²) in [7, 11) is 0. The molecule has 1 saturated heterocycles. The summed E-state index contributed by atoms with van der Waals surface area (Å²) in [6, 6.07) is 3.88. The first kappa shape index (κ1) is 14.6. The molecule has 0 radical (unpaired) electrons. The van der Waals surface area contributed by atoms with Gasteiger partial charge in [-0.2, -0.15) is 5.26 Å². The summed E-state index contributed by atoms with van der Waals surface area (Å²) in [4.78, 5) is 30.3. The average Bonchev–Trinajstić information content (AvgIpc) is 3.23. The zero-order valence-corrected chi connectivity index (χ0v) is 13.3. The Kier molecular flexibility index (Phi) is 3.38. The quantitative estimate of drug-likeness (QED) is 0.779. The normalized spacial score (nSPS) is 17.5. The maximum absolute atomic E-state index is 12.0. The van der Waals surface area contributed by atoms with Crippen molar-refractivity contribution in [2.45, 2.75) is 25.7 Å². The molecule has 0 aliphatic carbocycles. The van der Waals surface area contributed by atoms with E-state index in [1.165, 1.54) is 0 Å². The van der Waals surface area contributed by atoms with E-state index in [4.69, 9.17) is 5.26 Å². The van der Waals surface area contributed by atoms with Gasteiger partial charge in [-0.05, 0) is 19.4 Å². The number of aryl methyl sites for hydroxylation is 1. The monoisotopic (exact) mass is 320 g/mol. The van der Waals surface area contributed by atoms with Crippen molar-refractivity contribution >= 4 is 27.8 Å². The fourth-order valence-corrected chi connectivity index (χ4v) is 3.49. The van der Waals surface area contributed by atoms with E-state index in [2.05, 4.69) is 19.9 Å². The molecule has 4 heterocycles. The first-order valence-electron chi connectivity index (χ1n) is 7.92. The van der Waals surface area contributed by atoms with Gasteiger partial charge < -0.3 is 9.88 Å². The highest BCUT2D eigenvalue weighted by molar-refractivity contribution is 6.04. The minimum Gasteiger partial charge on any atom is -0.346 e. The molecule has 1 N–H and O–H groups in total. The molecule has 0 spiro atoms. The van der Waals surface area contributed by atoms with Crippen LogP contribution in [-0.4, -0.2) is 43.8 Å². The molecule has 7 heteroatoms. The van der Waals surface area contributed by atoms with Gasteiger partial charge in [0.2, 0.25) is 5.91 Å². The summed E-state index contributed by atoms with van der Waals surface area (Å²) in [5.41, 5.74) is 2.62. The van der Waals surface area contributed by atoms with Crippen molar-refractivity contribution in [3.8, 4) is 6.07 Å². The lowest BCUT2D eigenvalue weighted by atomic mass is 9.99. The van der Waals surface area contributed by atoms with E-state index in [0.717, 1.165) is 34.2 Å². The highest BCUT2D eigenvalue weighted by atomic mass is 16.2. The van der Waals surface area contributed by atoms with Crippen LogP contribution in [0.15, 0.2) is 18.5 Å². The molecule has 1 fully saturated rings. The van der Waals surface area contributed by atoms with Gasteiger partial charge in [0.05, 0.1) is 17.8 Å². The van der Waals surface area contributed by atoms with Gasteiger partial charge in [-0.15, -0.1) is 0 Å². The van der Waals surface area contributed by atoms with Crippen LogP contribution in [0.25, 0.3) is 21.9 Å². The van der Waals surface area contributed by atoms with Crippen molar-refractivity contribution in [3.05, 3.63) is 30.0 Å². The standard InChI is InChI=1S/C17H16N6O/c1-10-21-13-8-20-17-12(3-6-19-17)15(13)16(22-10)11-4-7-23(9-11)14(24)2-5-18/h3,6,8,11H,2,4,7,9H2,1H3,(H,21,22). The maximum atomic E-state index is 12.0. The number of carbonyl (C=O) groups excluding carboxylic acids is 1. The molecule has 4 rings (SSSR count). The molecule has 0 aromatic carbocycles. The summed E-state index contributed by atoms with van der Waals surface area (Å²) in [6.45, 7) is 3.22. The third-order valence-electron chi connectivity index (χ3n) is 4.57. The van der Waals surface area contributed by atoms with Crippen LogP contribution in [-0.2, 0) is 4.79 Å². The molecule has 120 valence electrons. The highest BCUT2D eigenvalue weighted by Gasteiger charge is 2.29. The fourth-order valence-electron chi connectivity index (χ4n) is 3.49. The summed E-state index contributed by atoms with van der Waals surface area (Å²) in [5.74, 6) is 0.911. The number of hydrogen-bond donors (Lipinski definition) is 1. The molecule has 7 nitrogen and oxygen atoms in total. The second-order valence-electron chi connectivity index (χ2n) is 6.10. The predicted molar refractivity (Wildman–Crippen MR) is 88.1 cm³/mol. The molecular weight excluding hydrogens is 304 g/mol. The lowest BCUT2D eigenvalue weighted by molar-refractivity contribution is -0.129. The van der Waals surface area contributed by atoms with Crippen molar-refractivity contribution in [3.63, 3.8) is 0 Å². The predicted octanol–water partition coefficient (Wildman–Crippen LogP) is 2.04. The van der Waals surface area contributed by atoms with E-state index in [0.29, 0.717) is 18.7 Å². The number of aromatic nitrogens is 4. The first-order chi connectivity index (χ1) is 11.7. The first-order valence-corrected chi connectivity index (χ1v) is 7.92. The number of hydrogen-bond acceptors (Lipinski definition) is 5. The highest BCUT2D eigenvalue weighted by Crippen LogP contribution is 2.33. The lowest BCUT2D eigenvalue weighted by Crippen LogP contribution is -2.27. The Morgan fingerprint density at radius 1 is 1.50 bits per heavy atom. The van der Waals surface area contributed by atoms with E-state index >= 15 is 0 Å². The lowest BCUT2D eigenvalue weighted by Gasteiger charge is -2.17. The zero-order valence-electron chi connectivity index (χ0n) is 13.3. The third-order valence-corrected chi connectivity index (χ3v) is 4.57. The van der Waals surface area contributed by atoms with Crippen LogP contribution in [0.2, 0.25) is 0 Å². The molecule has 1 aliphatic heterocycles. The molecule has 3 aromatic heterocycles. The van der Waals surface area contributed by atoms with Crippen LogP contribution in [0.4, 0.5) is 0 Å². The second-order valence-corrected chi connectivity index (χ2v) is 6.10. The van der Waals surface area contributed by atoms with Crippen molar-refractivity contribution in [1.82, 2.24) is 24.8 Å². The minimum absolute atomic E-state index is 0.0620. The van der Waals surface area contributed by atoms with Gasteiger partial charge in [-0.3, -0.25) is 4.79 Å². The molecule has 1 unspecified atom stereocenters. The van der Waals surface area contributed by atoms with Crippen LogP contribution in [0.5, 0.6) is 0 Å². The minimum atomic E-state index is -0.100. The molecule has 24 heavy (non-hydrogen) atoms. The number of nitrogens with zero attached hydrogens (tertiary/aromatic N) is 5. The van der Waals surface area contributed by atoms with Crippen LogP contribution >= 0.6 is 0 Å². The second kappa shape index (κ2) is 5.57. The van der Waals surface area contributed by atoms with Crippen LogP contribution in [0.3, 0.4) is 0 Å². The van der Waals surface area contributed by atoms with Crippen molar-refractivity contribution < 1.29 is 4.79 Å². The van der Waals surface area contributed by atoms with Gasteiger partial charge in [0, 0.05) is 41.7 Å². The summed E-state index contributed by atoms with van der Waals surface area (Å²) < 4.78 is 0. The van der Waals surface area contributed by atoms with E-state index in [9.17, 15) is 4.79 Å². The van der Waals surface area contributed by atoms with Crippen LogP contribution in [0.1, 0.15) is 30.3 Å². The smallest absolute Gasteiger partial charge is 0.236 e. The largest absolute Gasteiger partial charge is 0.346 e. The fraction of sp³-hybridized carbons (Fsp3) is 0.353. The van der Waals surface area contributed by atoms with Crippen molar-refractivity contribution in [2.24, 2.45) is 0 Å². The molecule has 0 saturated carbocycles. The Morgan fingerprint density at radius 3 is 3.21 bits per heavy atom. The van der Waals surface area contributed by atoms with Gasteiger partial charge >= 0.3 is 0 Å². The number of rotatable bonds is 2. The molecule has 1 amide bonds. The number of nitriles is 1. The van der Waals surface area contributed by atoms with Gasteiger partial charge in [-0.1, -0.05) is 0 Å². The zero-order chi connectivity index (χ0) is 16.7. The number of fused-ring (bicyclic) bond motifs is 3. The number of pyridine rings is 1.